The lowest BCUT2D eigenvalue weighted by molar-refractivity contribution is 0.589. The van der Waals surface area contributed by atoms with Gasteiger partial charge in [-0.05, 0) is 35.4 Å². The van der Waals surface area contributed by atoms with Gasteiger partial charge in [0.05, 0.1) is 26.8 Å². The Morgan fingerprint density at radius 3 is 1.86 bits per heavy atom. The molecule has 0 amide bonds. The van der Waals surface area contributed by atoms with E-state index in [2.05, 4.69) is 10.1 Å². The smallest absolute Gasteiger partial charge is 0.216 e. The third kappa shape index (κ3) is 5.47. The number of aromatic amines is 1. The number of halogens is 2. The molecule has 1 unspecified atom stereocenters. The number of anilines is 1. The predicted octanol–water partition coefficient (Wildman–Crippen LogP) is 9.39. The minimum Gasteiger partial charge on any atom is -0.338 e. The Labute approximate surface area is 219 Å². The number of aromatic nitrogens is 2. The van der Waals surface area contributed by atoms with Crippen LogP contribution < -0.4 is 5.09 Å². The Balaban J connectivity index is 1.60. The molecule has 0 aliphatic heterocycles. The van der Waals surface area contributed by atoms with Crippen LogP contribution in [-0.4, -0.2) is 9.97 Å². The van der Waals surface area contributed by atoms with Gasteiger partial charge in [0, 0.05) is 17.2 Å². The fourth-order valence-electron chi connectivity index (χ4n) is 3.84. The normalized spacial score (nSPS) is 13.9. The van der Waals surface area contributed by atoms with Gasteiger partial charge in [-0.2, -0.15) is 0 Å². The molecule has 1 aromatic heterocycles. The molecule has 0 spiro atoms. The second-order valence-corrected chi connectivity index (χ2v) is 11.1. The van der Waals surface area contributed by atoms with Crippen molar-refractivity contribution in [1.82, 2.24) is 9.97 Å². The van der Waals surface area contributed by atoms with E-state index < -0.39 is 7.29 Å². The number of imidazole rings is 1. The Hall–Kier alpha value is -3.56. The molecule has 2 N–H and O–H groups in total. The van der Waals surface area contributed by atoms with Crippen molar-refractivity contribution in [3.8, 4) is 11.4 Å². The van der Waals surface area contributed by atoms with E-state index in [0.29, 0.717) is 21.6 Å². The molecule has 0 radical (unpaired) electrons. The maximum atomic E-state index is 14.4. The third-order valence-corrected chi connectivity index (χ3v) is 8.41. The number of rotatable bonds is 7. The van der Waals surface area contributed by atoms with Crippen LogP contribution in [0.15, 0.2) is 121 Å². The summed E-state index contributed by atoms with van der Waals surface area (Å²) in [5.74, 6) is 3.76. The summed E-state index contributed by atoms with van der Waals surface area (Å²) >= 11 is 13.3. The monoisotopic (exact) mass is 529 g/mol. The molecule has 7 heteroatoms. The molecule has 5 rings (SSSR count). The number of hydrogen-bond acceptors (Lipinski definition) is 2. The van der Waals surface area contributed by atoms with Crippen LogP contribution >= 0.6 is 30.5 Å². The van der Waals surface area contributed by atoms with Crippen LogP contribution in [0.2, 0.25) is 0 Å². The minimum absolute atomic E-state index is 0.362. The van der Waals surface area contributed by atoms with Gasteiger partial charge in [0.1, 0.15) is 5.82 Å². The lowest BCUT2D eigenvalue weighted by Crippen LogP contribution is -1.97. The number of nitrogens with zero attached hydrogens (tertiary/aromatic N) is 1. The largest absolute Gasteiger partial charge is 0.338 e. The Bertz CT molecular complexity index is 1520. The van der Waals surface area contributed by atoms with Gasteiger partial charge in [-0.1, -0.05) is 108 Å². The molecule has 4 nitrogen and oxygen atoms in total. The lowest BCUT2D eigenvalue weighted by Gasteiger charge is -2.18. The molecule has 1 atom stereocenters. The highest BCUT2D eigenvalue weighted by Gasteiger charge is 2.22. The summed E-state index contributed by atoms with van der Waals surface area (Å²) in [5, 5.41) is 3.97. The van der Waals surface area contributed by atoms with E-state index in [1.165, 1.54) is 0 Å². The zero-order chi connectivity index (χ0) is 25.0. The summed E-state index contributed by atoms with van der Waals surface area (Å²) < 4.78 is 14.4. The molecule has 4 aromatic carbocycles. The molecule has 1 heterocycles. The first-order valence-electron chi connectivity index (χ1n) is 11.3. The zero-order valence-electron chi connectivity index (χ0n) is 19.1. The molecule has 0 saturated carbocycles. The first-order chi connectivity index (χ1) is 17.5. The summed E-state index contributed by atoms with van der Waals surface area (Å²) in [6.07, 6.45) is 0. The molecule has 5 aromatic rings. The summed E-state index contributed by atoms with van der Waals surface area (Å²) in [5.41, 5.74) is 4.71. The number of fused-ring (bicyclic) bond motifs is 1. The van der Waals surface area contributed by atoms with E-state index in [4.69, 9.17) is 28.2 Å². The number of H-pyrrole nitrogens is 1. The van der Waals surface area contributed by atoms with E-state index in [9.17, 15) is 4.57 Å². The van der Waals surface area contributed by atoms with Crippen molar-refractivity contribution in [3.05, 3.63) is 132 Å². The maximum absolute atomic E-state index is 14.4. The Kier molecular flexibility index (Phi) is 7.11. The maximum Gasteiger partial charge on any atom is 0.216 e. The van der Waals surface area contributed by atoms with E-state index in [1.807, 2.05) is 109 Å². The second kappa shape index (κ2) is 10.6. The Morgan fingerprint density at radius 1 is 0.722 bits per heavy atom. The molecule has 0 fully saturated rings. The van der Waals surface area contributed by atoms with E-state index >= 15 is 0 Å². The van der Waals surface area contributed by atoms with Crippen LogP contribution in [0.25, 0.3) is 32.5 Å². The Morgan fingerprint density at radius 2 is 1.25 bits per heavy atom. The van der Waals surface area contributed by atoms with Gasteiger partial charge >= 0.3 is 0 Å². The minimum atomic E-state index is -3.45. The summed E-state index contributed by atoms with van der Waals surface area (Å²) in [6, 6.07) is 34.2. The third-order valence-electron chi connectivity index (χ3n) is 5.58. The van der Waals surface area contributed by atoms with Gasteiger partial charge in [-0.15, -0.1) is 0 Å². The van der Waals surface area contributed by atoms with E-state index in [1.54, 1.807) is 11.6 Å². The highest BCUT2D eigenvalue weighted by molar-refractivity contribution is 7.72. The van der Waals surface area contributed by atoms with Crippen molar-refractivity contribution in [2.24, 2.45) is 0 Å². The van der Waals surface area contributed by atoms with Crippen LogP contribution in [0, 0.1) is 0 Å². The van der Waals surface area contributed by atoms with Gasteiger partial charge in [0.15, 0.2) is 0 Å². The molecular weight excluding hydrogens is 508 g/mol. The molecule has 36 heavy (non-hydrogen) atoms. The highest BCUT2D eigenvalue weighted by Crippen LogP contribution is 2.54. The standard InChI is InChI=1S/C29H22Cl2N3OP/c30-24(21-11-3-1-4-12-21)19-36(35,20-25(31)22-13-5-2-6-14-22)34-26-16-8-7-15-23(26)29-32-27-17-9-10-18-28(27)33-29/h1-20H,(H,32,33)(H,34,35)/b24-19-,25-20?. The van der Waals surface area contributed by atoms with Crippen molar-refractivity contribution >= 4 is 57.3 Å². The van der Waals surface area contributed by atoms with Crippen LogP contribution in [0.1, 0.15) is 11.1 Å². The van der Waals surface area contributed by atoms with Gasteiger partial charge in [-0.3, -0.25) is 4.57 Å². The van der Waals surface area contributed by atoms with Crippen molar-refractivity contribution in [1.29, 1.82) is 0 Å². The van der Waals surface area contributed by atoms with Crippen molar-refractivity contribution in [3.63, 3.8) is 0 Å². The van der Waals surface area contributed by atoms with Crippen molar-refractivity contribution in [2.45, 2.75) is 0 Å². The molecule has 0 saturated heterocycles. The van der Waals surface area contributed by atoms with E-state index in [0.717, 1.165) is 27.7 Å². The van der Waals surface area contributed by atoms with Gasteiger partial charge in [0.2, 0.25) is 7.29 Å². The first kappa shape index (κ1) is 24.1. The molecule has 0 aliphatic rings. The molecule has 0 bridgehead atoms. The first-order valence-corrected chi connectivity index (χ1v) is 13.9. The SMILES string of the molecule is O=P(C=C(Cl)c1ccccc1)(/C=C(\Cl)c1ccccc1)Nc1ccccc1-c1nc2ccccc2[nH]1. The average Bonchev–Trinajstić information content (AvgIpc) is 3.34. The number of hydrogen-bond donors (Lipinski definition) is 2. The highest BCUT2D eigenvalue weighted by atomic mass is 35.5. The molecule has 0 aliphatic carbocycles. The summed E-state index contributed by atoms with van der Waals surface area (Å²) in [4.78, 5) is 8.07. The van der Waals surface area contributed by atoms with Gasteiger partial charge < -0.3 is 10.1 Å². The van der Waals surface area contributed by atoms with Crippen molar-refractivity contribution in [2.75, 3.05) is 5.09 Å². The fraction of sp³-hybridized carbons (Fsp3) is 0. The lowest BCUT2D eigenvalue weighted by atomic mass is 10.2. The number of nitrogens with one attached hydrogen (secondary N) is 2. The summed E-state index contributed by atoms with van der Waals surface area (Å²) in [7, 11) is -3.45. The van der Waals surface area contributed by atoms with E-state index in [-0.39, 0.29) is 0 Å². The van der Waals surface area contributed by atoms with Crippen LogP contribution in [0.4, 0.5) is 5.69 Å². The molecule has 178 valence electrons. The number of para-hydroxylation sites is 3. The quantitative estimate of drug-likeness (QED) is 0.206. The van der Waals surface area contributed by atoms with Gasteiger partial charge in [0.25, 0.3) is 0 Å². The number of benzene rings is 4. The zero-order valence-corrected chi connectivity index (χ0v) is 21.5. The van der Waals surface area contributed by atoms with Crippen molar-refractivity contribution < 1.29 is 4.57 Å². The topological polar surface area (TPSA) is 57.8 Å². The van der Waals surface area contributed by atoms with Crippen LogP contribution in [0.3, 0.4) is 0 Å². The van der Waals surface area contributed by atoms with Crippen LogP contribution in [0.5, 0.6) is 0 Å². The fourth-order valence-corrected chi connectivity index (χ4v) is 6.71. The average molecular weight is 530 g/mol. The van der Waals surface area contributed by atoms with Crippen LogP contribution in [-0.2, 0) is 4.57 Å². The second-order valence-electron chi connectivity index (χ2n) is 8.16. The molecular formula is C29H22Cl2N3OP. The van der Waals surface area contributed by atoms with Gasteiger partial charge in [-0.25, -0.2) is 4.98 Å². The predicted molar refractivity (Wildman–Crippen MR) is 153 cm³/mol. The summed E-state index contributed by atoms with van der Waals surface area (Å²) in [6.45, 7) is 0.